The highest BCUT2D eigenvalue weighted by molar-refractivity contribution is 6.01. The molecule has 6 nitrogen and oxygen atoms in total. The van der Waals surface area contributed by atoms with Gasteiger partial charge in [0.1, 0.15) is 11.4 Å². The Morgan fingerprint density at radius 1 is 1.10 bits per heavy atom. The van der Waals surface area contributed by atoms with Gasteiger partial charge < -0.3 is 19.1 Å². The highest BCUT2D eigenvalue weighted by atomic mass is 19.1. The average Bonchev–Trinajstić information content (AvgIpc) is 2.73. The molecule has 2 heterocycles. The normalized spacial score (nSPS) is 17.5. The van der Waals surface area contributed by atoms with Crippen molar-refractivity contribution in [2.24, 2.45) is 0 Å². The van der Waals surface area contributed by atoms with Gasteiger partial charge in [0.2, 0.25) is 5.75 Å². The summed E-state index contributed by atoms with van der Waals surface area (Å²) in [5.74, 6) is 0.357. The van der Waals surface area contributed by atoms with Crippen molar-refractivity contribution in [2.75, 3.05) is 27.3 Å². The van der Waals surface area contributed by atoms with E-state index in [2.05, 4.69) is 0 Å². The van der Waals surface area contributed by atoms with Crippen molar-refractivity contribution in [1.82, 2.24) is 4.90 Å². The first-order valence-electron chi connectivity index (χ1n) is 9.49. The number of methoxy groups -OCH3 is 2. The SMILES string of the molecule is COc1ccc2c(c1OC)OC1(CCN(C(=O)c3ccccc3F)CC1)CC2=O. The number of hydrogen-bond donors (Lipinski definition) is 0. The molecular weight excluding hydrogens is 377 g/mol. The van der Waals surface area contributed by atoms with Gasteiger partial charge in [-0.05, 0) is 24.3 Å². The third-order valence-electron chi connectivity index (χ3n) is 5.67. The number of fused-ring (bicyclic) bond motifs is 1. The van der Waals surface area contributed by atoms with E-state index < -0.39 is 11.4 Å². The van der Waals surface area contributed by atoms with Crippen LogP contribution in [0.1, 0.15) is 40.0 Å². The molecule has 0 aromatic heterocycles. The molecule has 2 aliphatic rings. The molecule has 152 valence electrons. The number of amides is 1. The lowest BCUT2D eigenvalue weighted by atomic mass is 9.82. The summed E-state index contributed by atoms with van der Waals surface area (Å²) >= 11 is 0. The molecule has 2 aromatic carbocycles. The van der Waals surface area contributed by atoms with Crippen molar-refractivity contribution < 1.29 is 28.2 Å². The molecule has 0 unspecified atom stereocenters. The first-order chi connectivity index (χ1) is 14.0. The van der Waals surface area contributed by atoms with E-state index in [1.807, 2.05) is 0 Å². The standard InChI is InChI=1S/C22H22FNO5/c1-27-18-8-7-15-17(25)13-22(29-19(15)20(18)28-2)9-11-24(12-10-22)21(26)14-5-3-4-6-16(14)23/h3-8H,9-13H2,1-2H3. The first-order valence-corrected chi connectivity index (χ1v) is 9.49. The van der Waals surface area contributed by atoms with Crippen molar-refractivity contribution in [1.29, 1.82) is 0 Å². The molecule has 4 rings (SSSR count). The maximum Gasteiger partial charge on any atom is 0.256 e. The van der Waals surface area contributed by atoms with E-state index in [9.17, 15) is 14.0 Å². The Morgan fingerprint density at radius 2 is 1.83 bits per heavy atom. The van der Waals surface area contributed by atoms with E-state index in [0.29, 0.717) is 48.7 Å². The molecule has 2 aromatic rings. The molecule has 0 bridgehead atoms. The Hall–Kier alpha value is -3.09. The van der Waals surface area contributed by atoms with Gasteiger partial charge >= 0.3 is 0 Å². The number of halogens is 1. The van der Waals surface area contributed by atoms with Crippen molar-refractivity contribution >= 4 is 11.7 Å². The van der Waals surface area contributed by atoms with Crippen LogP contribution in [0.15, 0.2) is 36.4 Å². The summed E-state index contributed by atoms with van der Waals surface area (Å²) in [6.45, 7) is 0.754. The number of ether oxygens (including phenoxy) is 3. The number of carbonyl (C=O) groups is 2. The zero-order valence-electron chi connectivity index (χ0n) is 16.4. The van der Waals surface area contributed by atoms with Crippen LogP contribution >= 0.6 is 0 Å². The molecule has 1 fully saturated rings. The summed E-state index contributed by atoms with van der Waals surface area (Å²) in [6.07, 6.45) is 1.18. The van der Waals surface area contributed by atoms with Gasteiger partial charge in [-0.1, -0.05) is 12.1 Å². The highest BCUT2D eigenvalue weighted by Crippen LogP contribution is 2.47. The fraction of sp³-hybridized carbons (Fsp3) is 0.364. The van der Waals surface area contributed by atoms with Gasteiger partial charge in [-0.3, -0.25) is 9.59 Å². The summed E-state index contributed by atoms with van der Waals surface area (Å²) in [5.41, 5.74) is -0.186. The van der Waals surface area contributed by atoms with Crippen molar-refractivity contribution in [3.63, 3.8) is 0 Å². The van der Waals surface area contributed by atoms with Crippen LogP contribution < -0.4 is 14.2 Å². The molecule has 29 heavy (non-hydrogen) atoms. The number of nitrogens with zero attached hydrogens (tertiary/aromatic N) is 1. The molecule has 0 N–H and O–H groups in total. The number of benzene rings is 2. The van der Waals surface area contributed by atoms with Gasteiger partial charge in [0.15, 0.2) is 17.3 Å². The Labute approximate surface area is 168 Å². The van der Waals surface area contributed by atoms with Crippen LogP contribution in [0.4, 0.5) is 4.39 Å². The molecule has 0 saturated carbocycles. The minimum Gasteiger partial charge on any atom is -0.493 e. The summed E-state index contributed by atoms with van der Waals surface area (Å²) < 4.78 is 31.0. The van der Waals surface area contributed by atoms with E-state index in [1.54, 1.807) is 29.2 Å². The van der Waals surface area contributed by atoms with Gasteiger partial charge in [0, 0.05) is 25.9 Å². The second-order valence-corrected chi connectivity index (χ2v) is 7.33. The van der Waals surface area contributed by atoms with Crippen LogP contribution in [-0.2, 0) is 0 Å². The van der Waals surface area contributed by atoms with Crippen LogP contribution in [0.5, 0.6) is 17.2 Å². The molecule has 1 amide bonds. The van der Waals surface area contributed by atoms with Gasteiger partial charge in [0.25, 0.3) is 5.91 Å². The monoisotopic (exact) mass is 399 g/mol. The zero-order chi connectivity index (χ0) is 20.6. The van der Waals surface area contributed by atoms with Crippen LogP contribution in [0, 0.1) is 5.82 Å². The highest BCUT2D eigenvalue weighted by Gasteiger charge is 2.45. The zero-order valence-corrected chi connectivity index (χ0v) is 16.4. The quantitative estimate of drug-likeness (QED) is 0.791. The van der Waals surface area contributed by atoms with Crippen molar-refractivity contribution in [2.45, 2.75) is 24.9 Å². The van der Waals surface area contributed by atoms with Gasteiger partial charge in [-0.15, -0.1) is 0 Å². The lowest BCUT2D eigenvalue weighted by Gasteiger charge is -2.44. The molecule has 0 atom stereocenters. The fourth-order valence-corrected chi connectivity index (χ4v) is 4.06. The second-order valence-electron chi connectivity index (χ2n) is 7.33. The molecule has 1 spiro atoms. The maximum atomic E-state index is 14.0. The minimum absolute atomic E-state index is 0.0268. The predicted octanol–water partition coefficient (Wildman–Crippen LogP) is 3.48. The number of piperidine rings is 1. The maximum absolute atomic E-state index is 14.0. The summed E-state index contributed by atoms with van der Waals surface area (Å²) in [7, 11) is 3.03. The summed E-state index contributed by atoms with van der Waals surface area (Å²) in [5, 5.41) is 0. The number of likely N-dealkylation sites (tertiary alicyclic amines) is 1. The third kappa shape index (κ3) is 3.30. The van der Waals surface area contributed by atoms with Crippen LogP contribution in [0.2, 0.25) is 0 Å². The summed E-state index contributed by atoms with van der Waals surface area (Å²) in [4.78, 5) is 27.1. The van der Waals surface area contributed by atoms with Crippen molar-refractivity contribution in [3.05, 3.63) is 53.3 Å². The fourth-order valence-electron chi connectivity index (χ4n) is 4.06. The first kappa shape index (κ1) is 19.2. The lowest BCUT2D eigenvalue weighted by Crippen LogP contribution is -2.52. The molecule has 1 saturated heterocycles. The molecule has 0 radical (unpaired) electrons. The molecule has 7 heteroatoms. The Kier molecular flexibility index (Phi) is 4.90. The smallest absolute Gasteiger partial charge is 0.256 e. The number of ketones is 1. The number of hydrogen-bond acceptors (Lipinski definition) is 5. The van der Waals surface area contributed by atoms with Crippen molar-refractivity contribution in [3.8, 4) is 17.2 Å². The third-order valence-corrected chi connectivity index (χ3v) is 5.67. The van der Waals surface area contributed by atoms with Crippen LogP contribution in [0.25, 0.3) is 0 Å². The van der Waals surface area contributed by atoms with E-state index in [-0.39, 0.29) is 23.7 Å². The second kappa shape index (κ2) is 7.39. The molecular formula is C22H22FNO5. The average molecular weight is 399 g/mol. The van der Waals surface area contributed by atoms with Gasteiger partial charge in [-0.2, -0.15) is 0 Å². The number of Topliss-reactive ketones (excluding diaryl/α,β-unsaturated/α-hetero) is 1. The Morgan fingerprint density at radius 3 is 2.48 bits per heavy atom. The topological polar surface area (TPSA) is 65.1 Å². The minimum atomic E-state index is -0.713. The van der Waals surface area contributed by atoms with Crippen LogP contribution in [-0.4, -0.2) is 49.5 Å². The Bertz CT molecular complexity index is 966. The molecule has 2 aliphatic heterocycles. The lowest BCUT2D eigenvalue weighted by molar-refractivity contribution is -0.00754. The van der Waals surface area contributed by atoms with Crippen LogP contribution in [0.3, 0.4) is 0 Å². The van der Waals surface area contributed by atoms with E-state index in [4.69, 9.17) is 14.2 Å². The number of carbonyl (C=O) groups excluding carboxylic acids is 2. The number of rotatable bonds is 3. The predicted molar refractivity (Wildman–Crippen MR) is 103 cm³/mol. The van der Waals surface area contributed by atoms with E-state index in [1.165, 1.54) is 26.4 Å². The van der Waals surface area contributed by atoms with Gasteiger partial charge in [0.05, 0.1) is 31.8 Å². The Balaban J connectivity index is 1.56. The van der Waals surface area contributed by atoms with E-state index in [0.717, 1.165) is 0 Å². The summed E-state index contributed by atoms with van der Waals surface area (Å²) in [6, 6.07) is 9.32. The van der Waals surface area contributed by atoms with Gasteiger partial charge in [-0.25, -0.2) is 4.39 Å². The molecule has 0 aliphatic carbocycles. The van der Waals surface area contributed by atoms with E-state index >= 15 is 0 Å². The largest absolute Gasteiger partial charge is 0.493 e.